The van der Waals surface area contributed by atoms with E-state index in [1.165, 1.54) is 18.4 Å². The quantitative estimate of drug-likeness (QED) is 0.806. The van der Waals surface area contributed by atoms with Crippen LogP contribution in [0.1, 0.15) is 24.8 Å². The lowest BCUT2D eigenvalue weighted by Gasteiger charge is -2.35. The summed E-state index contributed by atoms with van der Waals surface area (Å²) in [5.74, 6) is 2.65. The smallest absolute Gasteiger partial charge is 0.222 e. The monoisotopic (exact) mass is 318 g/mol. The van der Waals surface area contributed by atoms with Crippen molar-refractivity contribution in [3.8, 4) is 11.5 Å². The molecule has 1 aromatic carbocycles. The number of nitrogens with zero attached hydrogens (tertiary/aromatic N) is 2. The van der Waals surface area contributed by atoms with Crippen molar-refractivity contribution in [3.63, 3.8) is 0 Å². The maximum absolute atomic E-state index is 12.2. The lowest BCUT2D eigenvalue weighted by Crippen LogP contribution is -2.48. The molecular formula is C18H26N2O3. The summed E-state index contributed by atoms with van der Waals surface area (Å²) in [5, 5.41) is 0. The summed E-state index contributed by atoms with van der Waals surface area (Å²) in [7, 11) is 3.34. The van der Waals surface area contributed by atoms with E-state index in [-0.39, 0.29) is 0 Å². The molecule has 23 heavy (non-hydrogen) atoms. The van der Waals surface area contributed by atoms with Crippen LogP contribution in [-0.4, -0.2) is 56.1 Å². The van der Waals surface area contributed by atoms with E-state index in [1.807, 2.05) is 23.1 Å². The highest BCUT2D eigenvalue weighted by Gasteiger charge is 2.28. The number of amides is 1. The van der Waals surface area contributed by atoms with E-state index < -0.39 is 0 Å². The number of ether oxygens (including phenoxy) is 2. The summed E-state index contributed by atoms with van der Waals surface area (Å²) in [6, 6.07) is 5.98. The van der Waals surface area contributed by atoms with Gasteiger partial charge >= 0.3 is 0 Å². The molecule has 5 heteroatoms. The van der Waals surface area contributed by atoms with Crippen LogP contribution in [0.4, 0.5) is 0 Å². The van der Waals surface area contributed by atoms with Crippen LogP contribution in [0.15, 0.2) is 18.2 Å². The summed E-state index contributed by atoms with van der Waals surface area (Å²) in [5.41, 5.74) is 1.18. The molecule has 0 aromatic heterocycles. The van der Waals surface area contributed by atoms with Crippen LogP contribution in [0.3, 0.4) is 0 Å². The Hall–Kier alpha value is -1.75. The molecule has 1 aromatic rings. The first-order chi connectivity index (χ1) is 11.2. The van der Waals surface area contributed by atoms with Gasteiger partial charge < -0.3 is 14.4 Å². The van der Waals surface area contributed by atoms with Gasteiger partial charge in [0.2, 0.25) is 5.91 Å². The van der Waals surface area contributed by atoms with Crippen molar-refractivity contribution in [2.45, 2.75) is 25.8 Å². The third-order valence-corrected chi connectivity index (χ3v) is 4.70. The normalized spacial score (nSPS) is 18.8. The van der Waals surface area contributed by atoms with E-state index in [9.17, 15) is 4.79 Å². The molecule has 0 spiro atoms. The second-order valence-electron chi connectivity index (χ2n) is 6.53. The maximum Gasteiger partial charge on any atom is 0.222 e. The summed E-state index contributed by atoms with van der Waals surface area (Å²) in [4.78, 5) is 16.6. The van der Waals surface area contributed by atoms with E-state index in [1.54, 1.807) is 14.2 Å². The zero-order valence-corrected chi connectivity index (χ0v) is 14.1. The average molecular weight is 318 g/mol. The van der Waals surface area contributed by atoms with Crippen LogP contribution >= 0.6 is 0 Å². The van der Waals surface area contributed by atoms with E-state index in [0.29, 0.717) is 11.8 Å². The first kappa shape index (κ1) is 16.1. The number of benzene rings is 1. The molecule has 1 saturated carbocycles. The molecule has 2 aliphatic rings. The van der Waals surface area contributed by atoms with Gasteiger partial charge in [-0.2, -0.15) is 0 Å². The topological polar surface area (TPSA) is 42.0 Å². The summed E-state index contributed by atoms with van der Waals surface area (Å²) < 4.78 is 10.7. The van der Waals surface area contributed by atoms with Crippen LogP contribution in [0.5, 0.6) is 11.5 Å². The van der Waals surface area contributed by atoms with Gasteiger partial charge in [0.15, 0.2) is 0 Å². The minimum absolute atomic E-state index is 0.343. The first-order valence-corrected chi connectivity index (χ1v) is 8.40. The lowest BCUT2D eigenvalue weighted by atomic mass is 10.1. The largest absolute Gasteiger partial charge is 0.497 e. The Morgan fingerprint density at radius 1 is 1.04 bits per heavy atom. The fraction of sp³-hybridized carbons (Fsp3) is 0.611. The zero-order chi connectivity index (χ0) is 16.2. The summed E-state index contributed by atoms with van der Waals surface area (Å²) in [6.07, 6.45) is 3.24. The highest BCUT2D eigenvalue weighted by molar-refractivity contribution is 5.76. The van der Waals surface area contributed by atoms with E-state index in [4.69, 9.17) is 9.47 Å². The highest BCUT2D eigenvalue weighted by atomic mass is 16.5. The zero-order valence-electron chi connectivity index (χ0n) is 14.1. The highest BCUT2D eigenvalue weighted by Crippen LogP contribution is 2.33. The average Bonchev–Trinajstić information content (AvgIpc) is 3.39. The van der Waals surface area contributed by atoms with Gasteiger partial charge in [0.25, 0.3) is 0 Å². The molecule has 5 nitrogen and oxygen atoms in total. The van der Waals surface area contributed by atoms with Gasteiger partial charge in [-0.15, -0.1) is 0 Å². The minimum Gasteiger partial charge on any atom is -0.497 e. The fourth-order valence-electron chi connectivity index (χ4n) is 3.07. The molecule has 3 rings (SSSR count). The minimum atomic E-state index is 0.343. The molecule has 1 aliphatic carbocycles. The van der Waals surface area contributed by atoms with Crippen molar-refractivity contribution in [1.29, 1.82) is 0 Å². The fourth-order valence-corrected chi connectivity index (χ4v) is 3.07. The Bertz CT molecular complexity index is 527. The van der Waals surface area contributed by atoms with Crippen molar-refractivity contribution < 1.29 is 14.3 Å². The number of carbonyl (C=O) groups excluding carboxylic acids is 1. The maximum atomic E-state index is 12.2. The van der Waals surface area contributed by atoms with Crippen LogP contribution in [0.25, 0.3) is 0 Å². The van der Waals surface area contributed by atoms with Gasteiger partial charge in [0, 0.05) is 45.2 Å². The Balaban J connectivity index is 1.52. The van der Waals surface area contributed by atoms with Gasteiger partial charge in [0.1, 0.15) is 11.5 Å². The molecule has 1 heterocycles. The molecule has 0 atom stereocenters. The summed E-state index contributed by atoms with van der Waals surface area (Å²) in [6.45, 7) is 4.39. The van der Waals surface area contributed by atoms with Crippen LogP contribution in [-0.2, 0) is 11.3 Å². The number of rotatable bonds is 6. The van der Waals surface area contributed by atoms with Gasteiger partial charge in [-0.25, -0.2) is 0 Å². The van der Waals surface area contributed by atoms with Crippen molar-refractivity contribution in [2.75, 3.05) is 40.4 Å². The molecule has 1 saturated heterocycles. The van der Waals surface area contributed by atoms with Crippen LogP contribution in [0.2, 0.25) is 0 Å². The van der Waals surface area contributed by atoms with Crippen molar-refractivity contribution in [2.24, 2.45) is 5.92 Å². The predicted octanol–water partition coefficient (Wildman–Crippen LogP) is 2.15. The molecular weight excluding hydrogens is 292 g/mol. The molecule has 1 aliphatic heterocycles. The molecule has 1 amide bonds. The molecule has 0 radical (unpaired) electrons. The molecule has 2 fully saturated rings. The standard InChI is InChI=1S/C18H26N2O3/c1-22-16-9-15(10-17(12-16)23-2)13-19-5-7-20(8-6-19)18(21)11-14-3-4-14/h9-10,12,14H,3-8,11,13H2,1-2H3. The van der Waals surface area contributed by atoms with Gasteiger partial charge in [-0.05, 0) is 36.5 Å². The van der Waals surface area contributed by atoms with E-state index in [0.717, 1.165) is 50.6 Å². The van der Waals surface area contributed by atoms with Crippen molar-refractivity contribution >= 4 is 5.91 Å². The van der Waals surface area contributed by atoms with E-state index >= 15 is 0 Å². The number of piperazine rings is 1. The molecule has 0 N–H and O–H groups in total. The van der Waals surface area contributed by atoms with E-state index in [2.05, 4.69) is 4.90 Å². The first-order valence-electron chi connectivity index (χ1n) is 8.40. The third-order valence-electron chi connectivity index (χ3n) is 4.70. The van der Waals surface area contributed by atoms with Crippen LogP contribution < -0.4 is 9.47 Å². The number of methoxy groups -OCH3 is 2. The second-order valence-corrected chi connectivity index (χ2v) is 6.53. The third kappa shape index (κ3) is 4.38. The number of hydrogen-bond acceptors (Lipinski definition) is 4. The second kappa shape index (κ2) is 7.21. The Morgan fingerprint density at radius 2 is 1.65 bits per heavy atom. The van der Waals surface area contributed by atoms with Crippen molar-refractivity contribution in [1.82, 2.24) is 9.80 Å². The number of hydrogen-bond donors (Lipinski definition) is 0. The SMILES string of the molecule is COc1cc(CN2CCN(C(=O)CC3CC3)CC2)cc(OC)c1. The molecule has 0 bridgehead atoms. The van der Waals surface area contributed by atoms with Gasteiger partial charge in [0.05, 0.1) is 14.2 Å². The Labute approximate surface area is 138 Å². The summed E-state index contributed by atoms with van der Waals surface area (Å²) >= 11 is 0. The Morgan fingerprint density at radius 3 is 2.17 bits per heavy atom. The van der Waals surface area contributed by atoms with Gasteiger partial charge in [-0.3, -0.25) is 9.69 Å². The molecule has 126 valence electrons. The van der Waals surface area contributed by atoms with Crippen LogP contribution in [0, 0.1) is 5.92 Å². The van der Waals surface area contributed by atoms with Gasteiger partial charge in [-0.1, -0.05) is 0 Å². The Kier molecular flexibility index (Phi) is 5.06. The molecule has 0 unspecified atom stereocenters. The predicted molar refractivity (Wildman–Crippen MR) is 88.7 cm³/mol. The van der Waals surface area contributed by atoms with Crippen molar-refractivity contribution in [3.05, 3.63) is 23.8 Å². The lowest BCUT2D eigenvalue weighted by molar-refractivity contribution is -0.133. The number of carbonyl (C=O) groups is 1.